The molecule has 2 atom stereocenters. The van der Waals surface area contributed by atoms with Gasteiger partial charge in [0.05, 0.1) is 12.3 Å². The summed E-state index contributed by atoms with van der Waals surface area (Å²) in [6.45, 7) is 3.96. The molecule has 0 radical (unpaired) electrons. The summed E-state index contributed by atoms with van der Waals surface area (Å²) < 4.78 is 29.0. The predicted molar refractivity (Wildman–Crippen MR) is 148 cm³/mol. The predicted octanol–water partition coefficient (Wildman–Crippen LogP) is 6.47. The molecule has 0 amide bonds. The largest absolute Gasteiger partial charge is 0.493 e. The molecule has 0 saturated heterocycles. The van der Waals surface area contributed by atoms with Gasteiger partial charge in [0.25, 0.3) is 0 Å². The third kappa shape index (κ3) is 6.97. The van der Waals surface area contributed by atoms with Gasteiger partial charge >= 0.3 is 11.9 Å². The fraction of sp³-hybridized carbons (Fsp3) is 0.438. The highest BCUT2D eigenvalue weighted by Crippen LogP contribution is 2.33. The van der Waals surface area contributed by atoms with Crippen LogP contribution in [-0.2, 0) is 38.3 Å². The minimum Gasteiger partial charge on any atom is -0.493 e. The van der Waals surface area contributed by atoms with E-state index in [1.165, 1.54) is 32.4 Å². The second-order valence-electron chi connectivity index (χ2n) is 10.8. The van der Waals surface area contributed by atoms with Gasteiger partial charge in [-0.3, -0.25) is 0 Å². The van der Waals surface area contributed by atoms with Gasteiger partial charge < -0.3 is 28.5 Å². The fourth-order valence-electron chi connectivity index (χ4n) is 5.20. The zero-order chi connectivity index (χ0) is 28.0. The number of carboxylic acids is 1. The van der Waals surface area contributed by atoms with Gasteiger partial charge in [-0.2, -0.15) is 0 Å². The van der Waals surface area contributed by atoms with E-state index in [2.05, 4.69) is 0 Å². The summed E-state index contributed by atoms with van der Waals surface area (Å²) in [6, 6.07) is 17.1. The van der Waals surface area contributed by atoms with Gasteiger partial charge in [0.15, 0.2) is 12.2 Å². The molecule has 212 valence electrons. The van der Waals surface area contributed by atoms with Gasteiger partial charge in [0.1, 0.15) is 11.5 Å². The minimum absolute atomic E-state index is 0.0561. The topological polar surface area (TPSA) is 100 Å². The SMILES string of the molecule is Cc1oc(C2CCCCC2)nc1CCOc1ccc(CC(C)(OC2=COC(Cc3ccccc3)O2)C(=O)O)cc1. The number of oxazole rings is 1. The van der Waals surface area contributed by atoms with Crippen LogP contribution in [0.4, 0.5) is 0 Å². The second-order valence-corrected chi connectivity index (χ2v) is 10.8. The number of benzene rings is 2. The molecule has 5 rings (SSSR count). The van der Waals surface area contributed by atoms with E-state index in [0.717, 1.165) is 41.3 Å². The summed E-state index contributed by atoms with van der Waals surface area (Å²) in [4.78, 5) is 16.9. The first kappa shape index (κ1) is 27.6. The Morgan fingerprint density at radius 3 is 2.52 bits per heavy atom. The molecule has 0 spiro atoms. The van der Waals surface area contributed by atoms with Crippen LogP contribution in [0.1, 0.15) is 73.4 Å². The molecule has 1 N–H and O–H groups in total. The maximum absolute atomic E-state index is 12.2. The Balaban J connectivity index is 1.11. The van der Waals surface area contributed by atoms with Gasteiger partial charge in [-0.1, -0.05) is 61.7 Å². The van der Waals surface area contributed by atoms with Crippen LogP contribution in [0.25, 0.3) is 0 Å². The van der Waals surface area contributed by atoms with E-state index in [4.69, 9.17) is 28.3 Å². The molecule has 1 aliphatic carbocycles. The van der Waals surface area contributed by atoms with Crippen LogP contribution in [0.2, 0.25) is 0 Å². The minimum atomic E-state index is -1.54. The van der Waals surface area contributed by atoms with Crippen molar-refractivity contribution >= 4 is 5.97 Å². The number of hydrogen-bond acceptors (Lipinski definition) is 7. The van der Waals surface area contributed by atoms with Crippen molar-refractivity contribution in [3.8, 4) is 5.75 Å². The normalized spacial score (nSPS) is 18.8. The molecule has 2 unspecified atom stereocenters. The molecule has 2 aromatic carbocycles. The van der Waals surface area contributed by atoms with Crippen molar-refractivity contribution in [2.45, 2.75) is 83.0 Å². The molecule has 2 heterocycles. The van der Waals surface area contributed by atoms with Crippen LogP contribution in [0.5, 0.6) is 5.75 Å². The molecular weight excluding hydrogens is 510 g/mol. The van der Waals surface area contributed by atoms with Crippen molar-refractivity contribution in [1.82, 2.24) is 4.98 Å². The Bertz CT molecular complexity index is 1290. The molecule has 2 aliphatic rings. The number of hydrogen-bond donors (Lipinski definition) is 1. The van der Waals surface area contributed by atoms with Gasteiger partial charge in [0, 0.05) is 25.2 Å². The average molecular weight is 548 g/mol. The van der Waals surface area contributed by atoms with Gasteiger partial charge in [0.2, 0.25) is 11.9 Å². The van der Waals surface area contributed by atoms with Crippen molar-refractivity contribution < 1.29 is 33.3 Å². The second kappa shape index (κ2) is 12.5. The summed E-state index contributed by atoms with van der Waals surface area (Å²) in [5.74, 6) is 1.84. The maximum Gasteiger partial charge on any atom is 0.348 e. The van der Waals surface area contributed by atoms with E-state index in [0.29, 0.717) is 31.1 Å². The number of aryl methyl sites for hydroxylation is 1. The van der Waals surface area contributed by atoms with Crippen molar-refractivity contribution in [2.75, 3.05) is 6.61 Å². The Morgan fingerprint density at radius 1 is 1.05 bits per heavy atom. The monoisotopic (exact) mass is 547 g/mol. The van der Waals surface area contributed by atoms with E-state index in [1.54, 1.807) is 0 Å². The summed E-state index contributed by atoms with van der Waals surface area (Å²) in [7, 11) is 0. The van der Waals surface area contributed by atoms with Crippen molar-refractivity contribution in [2.24, 2.45) is 0 Å². The molecule has 8 heteroatoms. The van der Waals surface area contributed by atoms with Crippen LogP contribution in [0, 0.1) is 6.92 Å². The zero-order valence-corrected chi connectivity index (χ0v) is 23.1. The number of aliphatic carboxylic acids is 1. The highest BCUT2D eigenvalue weighted by molar-refractivity contribution is 5.77. The fourth-order valence-corrected chi connectivity index (χ4v) is 5.20. The van der Waals surface area contributed by atoms with Gasteiger partial charge in [-0.15, -0.1) is 0 Å². The van der Waals surface area contributed by atoms with Crippen LogP contribution < -0.4 is 4.74 Å². The Labute approximate surface area is 234 Å². The first-order chi connectivity index (χ1) is 19.4. The lowest BCUT2D eigenvalue weighted by Crippen LogP contribution is -2.40. The van der Waals surface area contributed by atoms with Crippen LogP contribution in [0.15, 0.2) is 71.2 Å². The quantitative estimate of drug-likeness (QED) is 0.275. The van der Waals surface area contributed by atoms with Crippen LogP contribution in [0.3, 0.4) is 0 Å². The molecule has 1 aromatic heterocycles. The molecule has 1 aliphatic heterocycles. The van der Waals surface area contributed by atoms with Crippen molar-refractivity contribution in [1.29, 1.82) is 0 Å². The summed E-state index contributed by atoms with van der Waals surface area (Å²) in [5, 5.41) is 9.95. The van der Waals surface area contributed by atoms with E-state index < -0.39 is 17.9 Å². The molecule has 8 nitrogen and oxygen atoms in total. The Hall–Kier alpha value is -3.94. The maximum atomic E-state index is 12.2. The van der Waals surface area contributed by atoms with E-state index in [1.807, 2.05) is 61.5 Å². The first-order valence-electron chi connectivity index (χ1n) is 14.0. The standard InChI is InChI=1S/C32H37NO7/c1-22-27(33-30(38-22)25-11-7-4-8-12-25)17-18-36-26-15-13-24(14-16-26)20-32(2,31(34)35)40-29-21-37-28(39-29)19-23-9-5-3-6-10-23/h3,5-6,9-10,13-16,21,25,28H,4,7-8,11-12,17-20H2,1-2H3,(H,34,35). The van der Waals surface area contributed by atoms with E-state index in [-0.39, 0.29) is 12.4 Å². The third-order valence-corrected chi connectivity index (χ3v) is 7.52. The van der Waals surface area contributed by atoms with Crippen molar-refractivity contribution in [3.05, 3.63) is 95.3 Å². The van der Waals surface area contributed by atoms with Gasteiger partial charge in [-0.25, -0.2) is 9.78 Å². The summed E-state index contributed by atoms with van der Waals surface area (Å²) in [5.41, 5.74) is 1.25. The van der Waals surface area contributed by atoms with Crippen LogP contribution >= 0.6 is 0 Å². The number of carboxylic acid groups (broad SMARTS) is 1. The average Bonchev–Trinajstić information content (AvgIpc) is 3.56. The number of rotatable bonds is 12. The molecule has 3 aromatic rings. The van der Waals surface area contributed by atoms with E-state index in [9.17, 15) is 9.90 Å². The molecule has 40 heavy (non-hydrogen) atoms. The number of carbonyl (C=O) groups is 1. The van der Waals surface area contributed by atoms with Crippen LogP contribution in [-0.4, -0.2) is 34.6 Å². The Kier molecular flexibility index (Phi) is 8.63. The van der Waals surface area contributed by atoms with Gasteiger partial charge in [-0.05, 0) is 49.9 Å². The summed E-state index contributed by atoms with van der Waals surface area (Å²) >= 11 is 0. The number of aromatic nitrogens is 1. The lowest BCUT2D eigenvalue weighted by atomic mass is 9.89. The number of ether oxygens (including phenoxy) is 4. The molecular formula is C32H37NO7. The lowest BCUT2D eigenvalue weighted by Gasteiger charge is -2.26. The smallest absolute Gasteiger partial charge is 0.348 e. The van der Waals surface area contributed by atoms with E-state index >= 15 is 0 Å². The Morgan fingerprint density at radius 2 is 1.80 bits per heavy atom. The first-order valence-corrected chi connectivity index (χ1v) is 14.0. The molecule has 1 saturated carbocycles. The molecule has 0 bridgehead atoms. The third-order valence-electron chi connectivity index (χ3n) is 7.52. The lowest BCUT2D eigenvalue weighted by molar-refractivity contribution is -0.168. The highest BCUT2D eigenvalue weighted by Gasteiger charge is 2.39. The number of nitrogens with zero attached hydrogens (tertiary/aromatic N) is 1. The zero-order valence-electron chi connectivity index (χ0n) is 23.1. The summed E-state index contributed by atoms with van der Waals surface area (Å²) in [6.07, 6.45) is 8.19. The van der Waals surface area contributed by atoms with Crippen molar-refractivity contribution in [3.63, 3.8) is 0 Å². The molecule has 1 fully saturated rings. The highest BCUT2D eigenvalue weighted by atomic mass is 16.8.